The second-order valence-corrected chi connectivity index (χ2v) is 6.80. The van der Waals surface area contributed by atoms with Crippen LogP contribution in [0.3, 0.4) is 0 Å². The van der Waals surface area contributed by atoms with Gasteiger partial charge in [-0.2, -0.15) is 15.3 Å². The molecule has 4 heterocycles. The molecule has 0 saturated heterocycles. The minimum Gasteiger partial charge on any atom is -0.319 e. The first kappa shape index (κ1) is 17.9. The van der Waals surface area contributed by atoms with Crippen molar-refractivity contribution in [2.75, 3.05) is 5.32 Å². The minimum atomic E-state index is -0.204. The Kier molecular flexibility index (Phi) is 4.42. The highest BCUT2D eigenvalue weighted by atomic mass is 16.1. The minimum absolute atomic E-state index is 0.204. The number of carbonyl (C=O) groups is 1. The summed E-state index contributed by atoms with van der Waals surface area (Å²) in [5, 5.41) is 16.7. The first-order chi connectivity index (χ1) is 13.4. The molecule has 0 saturated carbocycles. The van der Waals surface area contributed by atoms with Gasteiger partial charge in [0.05, 0.1) is 41.3 Å². The summed E-state index contributed by atoms with van der Waals surface area (Å²) in [5.41, 5.74) is 4.50. The van der Waals surface area contributed by atoms with Gasteiger partial charge in [0.25, 0.3) is 5.91 Å². The maximum absolute atomic E-state index is 12.9. The van der Waals surface area contributed by atoms with Crippen molar-refractivity contribution in [1.29, 1.82) is 0 Å². The molecule has 28 heavy (non-hydrogen) atoms. The third-order valence-corrected chi connectivity index (χ3v) is 4.59. The summed E-state index contributed by atoms with van der Waals surface area (Å²) in [6.45, 7) is 7.21. The summed E-state index contributed by atoms with van der Waals surface area (Å²) in [5.74, 6) is -0.204. The molecule has 9 nitrogen and oxygen atoms in total. The average molecular weight is 378 g/mol. The molecule has 0 aromatic carbocycles. The summed E-state index contributed by atoms with van der Waals surface area (Å²) in [4.78, 5) is 17.4. The molecule has 0 aliphatic rings. The fourth-order valence-electron chi connectivity index (χ4n) is 3.31. The Morgan fingerprint density at radius 3 is 2.68 bits per heavy atom. The lowest BCUT2D eigenvalue weighted by Crippen LogP contribution is -2.13. The Bertz CT molecular complexity index is 1170. The molecule has 0 aliphatic heterocycles. The maximum atomic E-state index is 12.9. The van der Waals surface area contributed by atoms with Crippen molar-refractivity contribution in [1.82, 2.24) is 34.3 Å². The van der Waals surface area contributed by atoms with Crippen LogP contribution in [0, 0.1) is 13.8 Å². The van der Waals surface area contributed by atoms with Crippen molar-refractivity contribution < 1.29 is 4.79 Å². The van der Waals surface area contributed by atoms with Crippen molar-refractivity contribution in [2.45, 2.75) is 33.9 Å². The van der Waals surface area contributed by atoms with Crippen LogP contribution in [0.15, 0.2) is 30.9 Å². The van der Waals surface area contributed by atoms with E-state index in [2.05, 4.69) is 25.6 Å². The lowest BCUT2D eigenvalue weighted by atomic mass is 10.1. The van der Waals surface area contributed by atoms with Gasteiger partial charge in [-0.15, -0.1) is 0 Å². The smallest absolute Gasteiger partial charge is 0.256 e. The zero-order chi connectivity index (χ0) is 19.8. The predicted molar refractivity (Wildman–Crippen MR) is 105 cm³/mol. The third kappa shape index (κ3) is 3.26. The summed E-state index contributed by atoms with van der Waals surface area (Å²) >= 11 is 0. The normalized spacial score (nSPS) is 11.3. The SMILES string of the molecule is CCn1cc(Cn2cc(NC(=O)c3cc(C)nc4c3c(C)nn4C)cn2)cn1. The van der Waals surface area contributed by atoms with Crippen molar-refractivity contribution in [2.24, 2.45) is 7.05 Å². The van der Waals surface area contributed by atoms with Crippen molar-refractivity contribution in [3.05, 3.63) is 53.4 Å². The predicted octanol–water partition coefficient (Wildman–Crippen LogP) is 2.30. The van der Waals surface area contributed by atoms with E-state index >= 15 is 0 Å². The van der Waals surface area contributed by atoms with Crippen molar-refractivity contribution in [3.8, 4) is 0 Å². The second-order valence-electron chi connectivity index (χ2n) is 6.80. The van der Waals surface area contributed by atoms with Gasteiger partial charge < -0.3 is 5.32 Å². The van der Waals surface area contributed by atoms with Gasteiger partial charge in [0, 0.05) is 37.2 Å². The Morgan fingerprint density at radius 1 is 1.14 bits per heavy atom. The molecule has 4 aromatic rings. The van der Waals surface area contributed by atoms with Gasteiger partial charge >= 0.3 is 0 Å². The molecule has 0 aliphatic carbocycles. The van der Waals surface area contributed by atoms with Gasteiger partial charge in [0.15, 0.2) is 5.65 Å². The lowest BCUT2D eigenvalue weighted by Gasteiger charge is -2.06. The van der Waals surface area contributed by atoms with E-state index < -0.39 is 0 Å². The highest BCUT2D eigenvalue weighted by Crippen LogP contribution is 2.22. The van der Waals surface area contributed by atoms with Gasteiger partial charge in [-0.25, -0.2) is 4.98 Å². The fraction of sp³-hybridized carbons (Fsp3) is 0.316. The Morgan fingerprint density at radius 2 is 1.93 bits per heavy atom. The van der Waals surface area contributed by atoms with Gasteiger partial charge in [-0.1, -0.05) is 0 Å². The Labute approximate surface area is 162 Å². The van der Waals surface area contributed by atoms with Gasteiger partial charge in [0.1, 0.15) is 0 Å². The van der Waals surface area contributed by atoms with E-state index in [0.717, 1.165) is 28.9 Å². The van der Waals surface area contributed by atoms with Crippen LogP contribution in [-0.4, -0.2) is 40.2 Å². The van der Waals surface area contributed by atoms with Crippen LogP contribution in [0.1, 0.15) is 34.2 Å². The van der Waals surface area contributed by atoms with Gasteiger partial charge in [-0.05, 0) is 26.8 Å². The number of nitrogens with zero attached hydrogens (tertiary/aromatic N) is 7. The molecule has 1 amide bonds. The summed E-state index contributed by atoms with van der Waals surface area (Å²) in [6, 6.07) is 1.79. The van der Waals surface area contributed by atoms with Crippen LogP contribution < -0.4 is 5.32 Å². The molecular formula is C19H22N8O. The second kappa shape index (κ2) is 6.91. The van der Waals surface area contributed by atoms with Gasteiger partial charge in [-0.3, -0.25) is 18.8 Å². The van der Waals surface area contributed by atoms with Crippen molar-refractivity contribution >= 4 is 22.6 Å². The molecule has 0 unspecified atom stereocenters. The topological polar surface area (TPSA) is 95.5 Å². The number of aryl methyl sites for hydroxylation is 4. The van der Waals surface area contributed by atoms with Crippen LogP contribution >= 0.6 is 0 Å². The molecule has 0 fully saturated rings. The molecule has 0 spiro atoms. The molecule has 0 bridgehead atoms. The van der Waals surface area contributed by atoms with E-state index in [1.54, 1.807) is 21.6 Å². The van der Waals surface area contributed by atoms with E-state index in [4.69, 9.17) is 0 Å². The number of anilines is 1. The number of amides is 1. The number of aromatic nitrogens is 7. The zero-order valence-electron chi connectivity index (χ0n) is 16.3. The summed E-state index contributed by atoms with van der Waals surface area (Å²) < 4.78 is 5.34. The van der Waals surface area contributed by atoms with E-state index in [1.165, 1.54) is 0 Å². The number of hydrogen-bond donors (Lipinski definition) is 1. The number of fused-ring (bicyclic) bond motifs is 1. The molecule has 0 radical (unpaired) electrons. The molecule has 4 rings (SSSR count). The van der Waals surface area contributed by atoms with Crippen LogP contribution in [0.25, 0.3) is 11.0 Å². The number of pyridine rings is 1. The zero-order valence-corrected chi connectivity index (χ0v) is 16.3. The number of carbonyl (C=O) groups excluding carboxylic acids is 1. The number of nitrogens with one attached hydrogen (secondary N) is 1. The molecule has 144 valence electrons. The molecule has 1 N–H and O–H groups in total. The summed E-state index contributed by atoms with van der Waals surface area (Å²) in [6.07, 6.45) is 7.26. The highest BCUT2D eigenvalue weighted by Gasteiger charge is 2.18. The Hall–Kier alpha value is -3.49. The fourth-order valence-corrected chi connectivity index (χ4v) is 3.31. The maximum Gasteiger partial charge on any atom is 0.256 e. The van der Waals surface area contributed by atoms with Crippen LogP contribution in [0.5, 0.6) is 0 Å². The standard InChI is InChI=1S/C19H22N8O/c1-5-26-9-14(7-20-26)10-27-11-15(8-21-27)23-19(28)16-6-12(2)22-18-17(16)13(3)24-25(18)4/h6-9,11H,5,10H2,1-4H3,(H,23,28). The lowest BCUT2D eigenvalue weighted by molar-refractivity contribution is 0.102. The van der Waals surface area contributed by atoms with E-state index in [-0.39, 0.29) is 5.91 Å². The van der Waals surface area contributed by atoms with Crippen molar-refractivity contribution in [3.63, 3.8) is 0 Å². The first-order valence-electron chi connectivity index (χ1n) is 9.10. The average Bonchev–Trinajstić information content (AvgIpc) is 3.36. The Balaban J connectivity index is 1.56. The molecular weight excluding hydrogens is 356 g/mol. The molecule has 4 aromatic heterocycles. The molecule has 9 heteroatoms. The number of rotatable bonds is 5. The summed E-state index contributed by atoms with van der Waals surface area (Å²) in [7, 11) is 1.83. The van der Waals surface area contributed by atoms with E-state index in [1.807, 2.05) is 51.1 Å². The van der Waals surface area contributed by atoms with E-state index in [0.29, 0.717) is 23.4 Å². The molecule has 0 atom stereocenters. The third-order valence-electron chi connectivity index (χ3n) is 4.59. The highest BCUT2D eigenvalue weighted by molar-refractivity contribution is 6.12. The van der Waals surface area contributed by atoms with Crippen LogP contribution in [0.2, 0.25) is 0 Å². The van der Waals surface area contributed by atoms with Crippen LogP contribution in [0.4, 0.5) is 5.69 Å². The largest absolute Gasteiger partial charge is 0.319 e. The first-order valence-corrected chi connectivity index (χ1v) is 9.10. The quantitative estimate of drug-likeness (QED) is 0.575. The monoisotopic (exact) mass is 378 g/mol. The van der Waals surface area contributed by atoms with Crippen LogP contribution in [-0.2, 0) is 20.1 Å². The van der Waals surface area contributed by atoms with E-state index in [9.17, 15) is 4.79 Å². The van der Waals surface area contributed by atoms with Gasteiger partial charge in [0.2, 0.25) is 0 Å². The number of hydrogen-bond acceptors (Lipinski definition) is 5.